The Kier molecular flexibility index (Phi) is 4.30. The van der Waals surface area contributed by atoms with Crippen LogP contribution in [0.3, 0.4) is 0 Å². The van der Waals surface area contributed by atoms with E-state index in [-0.39, 0.29) is 17.7 Å². The van der Waals surface area contributed by atoms with Gasteiger partial charge in [-0.3, -0.25) is 0 Å². The van der Waals surface area contributed by atoms with Crippen molar-refractivity contribution in [2.45, 2.75) is 36.8 Å². The van der Waals surface area contributed by atoms with E-state index in [0.29, 0.717) is 25.0 Å². The van der Waals surface area contributed by atoms with E-state index in [1.54, 1.807) is 0 Å². The van der Waals surface area contributed by atoms with Gasteiger partial charge in [0.25, 0.3) is 0 Å². The second-order valence-electron chi connectivity index (χ2n) is 5.08. The van der Waals surface area contributed by atoms with Crippen molar-refractivity contribution in [3.63, 3.8) is 0 Å². The molecule has 3 nitrogen and oxygen atoms in total. The van der Waals surface area contributed by atoms with Crippen LogP contribution in [0.1, 0.15) is 36.5 Å². The van der Waals surface area contributed by atoms with Crippen molar-refractivity contribution in [1.82, 2.24) is 0 Å². The van der Waals surface area contributed by atoms with E-state index in [1.807, 2.05) is 0 Å². The minimum absolute atomic E-state index is 0.0716. The lowest BCUT2D eigenvalue weighted by Crippen LogP contribution is -2.34. The molecule has 0 amide bonds. The molecule has 2 rings (SSSR count). The van der Waals surface area contributed by atoms with Crippen LogP contribution in [0, 0.1) is 5.82 Å². The zero-order valence-corrected chi connectivity index (χ0v) is 11.7. The Morgan fingerprint density at radius 1 is 1.24 bits per heavy atom. The first-order valence-corrected chi connectivity index (χ1v) is 8.11. The van der Waals surface area contributed by atoms with Gasteiger partial charge in [0, 0.05) is 0 Å². The monoisotopic (exact) mass is 326 g/mol. The van der Waals surface area contributed by atoms with Crippen LogP contribution in [0.15, 0.2) is 18.2 Å². The zero-order valence-electron chi connectivity index (χ0n) is 10.9. The molecule has 0 bridgehead atoms. The number of alkyl halides is 3. The maximum atomic E-state index is 13.5. The Morgan fingerprint density at radius 3 is 2.43 bits per heavy atom. The average Bonchev–Trinajstić information content (AvgIpc) is 2.35. The van der Waals surface area contributed by atoms with Crippen LogP contribution in [0.2, 0.25) is 0 Å². The SMILES string of the molecule is O=S1(=O)CCCCC1C(O)c1ccc(C(F)(F)F)c(F)c1. The van der Waals surface area contributed by atoms with Crippen molar-refractivity contribution in [3.05, 3.63) is 35.1 Å². The topological polar surface area (TPSA) is 54.4 Å². The molecule has 1 aliphatic rings. The van der Waals surface area contributed by atoms with Gasteiger partial charge in [-0.25, -0.2) is 12.8 Å². The maximum absolute atomic E-state index is 13.5. The molecule has 0 saturated carbocycles. The Morgan fingerprint density at radius 2 is 1.90 bits per heavy atom. The molecule has 118 valence electrons. The highest BCUT2D eigenvalue weighted by atomic mass is 32.2. The van der Waals surface area contributed by atoms with Gasteiger partial charge in [-0.1, -0.05) is 12.5 Å². The molecule has 2 atom stereocenters. The Labute approximate surface area is 119 Å². The highest BCUT2D eigenvalue weighted by Gasteiger charge is 2.37. The molecule has 1 saturated heterocycles. The molecule has 1 heterocycles. The van der Waals surface area contributed by atoms with E-state index in [2.05, 4.69) is 0 Å². The number of sulfone groups is 1. The van der Waals surface area contributed by atoms with Gasteiger partial charge in [-0.15, -0.1) is 0 Å². The summed E-state index contributed by atoms with van der Waals surface area (Å²) >= 11 is 0. The number of halogens is 4. The number of hydrogen-bond donors (Lipinski definition) is 1. The lowest BCUT2D eigenvalue weighted by Gasteiger charge is -2.27. The van der Waals surface area contributed by atoms with E-state index in [9.17, 15) is 31.1 Å². The number of aliphatic hydroxyl groups is 1. The number of benzene rings is 1. The number of rotatable bonds is 2. The summed E-state index contributed by atoms with van der Waals surface area (Å²) < 4.78 is 74.6. The van der Waals surface area contributed by atoms with Crippen molar-refractivity contribution >= 4 is 9.84 Å². The van der Waals surface area contributed by atoms with Crippen LogP contribution < -0.4 is 0 Å². The van der Waals surface area contributed by atoms with Gasteiger partial charge in [-0.05, 0) is 30.5 Å². The highest BCUT2D eigenvalue weighted by molar-refractivity contribution is 7.92. The number of aliphatic hydroxyl groups excluding tert-OH is 1. The summed E-state index contributed by atoms with van der Waals surface area (Å²) in [6, 6.07) is 1.99. The Hall–Kier alpha value is -1.15. The molecule has 0 aliphatic carbocycles. The molecule has 1 aliphatic heterocycles. The second kappa shape index (κ2) is 5.57. The first-order valence-electron chi connectivity index (χ1n) is 6.39. The summed E-state index contributed by atoms with van der Waals surface area (Å²) in [5, 5.41) is 8.98. The van der Waals surface area contributed by atoms with Gasteiger partial charge in [0.1, 0.15) is 5.82 Å². The van der Waals surface area contributed by atoms with Crippen molar-refractivity contribution in [2.75, 3.05) is 5.75 Å². The minimum atomic E-state index is -4.83. The molecule has 1 aromatic rings. The highest BCUT2D eigenvalue weighted by Crippen LogP contribution is 2.35. The van der Waals surface area contributed by atoms with Gasteiger partial charge in [0.15, 0.2) is 9.84 Å². The second-order valence-corrected chi connectivity index (χ2v) is 7.42. The van der Waals surface area contributed by atoms with Crippen LogP contribution in [0.4, 0.5) is 17.6 Å². The fraction of sp³-hybridized carbons (Fsp3) is 0.538. The molecule has 1 N–H and O–H groups in total. The smallest absolute Gasteiger partial charge is 0.387 e. The lowest BCUT2D eigenvalue weighted by atomic mass is 10.0. The molecule has 0 spiro atoms. The molecule has 0 radical (unpaired) electrons. The van der Waals surface area contributed by atoms with E-state index in [4.69, 9.17) is 0 Å². The predicted molar refractivity (Wildman–Crippen MR) is 67.8 cm³/mol. The fourth-order valence-electron chi connectivity index (χ4n) is 2.49. The van der Waals surface area contributed by atoms with E-state index < -0.39 is 38.7 Å². The molecule has 8 heteroatoms. The van der Waals surface area contributed by atoms with Gasteiger partial charge in [0.05, 0.1) is 22.7 Å². The normalized spacial score (nSPS) is 23.8. The molecule has 1 aromatic carbocycles. The molecule has 21 heavy (non-hydrogen) atoms. The summed E-state index contributed by atoms with van der Waals surface area (Å²) in [7, 11) is -3.52. The minimum Gasteiger partial charge on any atom is -0.387 e. The predicted octanol–water partition coefficient (Wildman–Crippen LogP) is 2.85. The van der Waals surface area contributed by atoms with E-state index in [0.717, 1.165) is 6.07 Å². The van der Waals surface area contributed by atoms with Gasteiger partial charge < -0.3 is 5.11 Å². The third-order valence-corrected chi connectivity index (χ3v) is 5.89. The van der Waals surface area contributed by atoms with E-state index in [1.165, 1.54) is 0 Å². The van der Waals surface area contributed by atoms with Gasteiger partial charge in [0.2, 0.25) is 0 Å². The van der Waals surface area contributed by atoms with Gasteiger partial charge >= 0.3 is 6.18 Å². The Balaban J connectivity index is 2.32. The van der Waals surface area contributed by atoms with Crippen LogP contribution >= 0.6 is 0 Å². The molecular weight excluding hydrogens is 312 g/mol. The average molecular weight is 326 g/mol. The third-order valence-electron chi connectivity index (χ3n) is 3.62. The fourth-order valence-corrected chi connectivity index (χ4v) is 4.48. The first-order chi connectivity index (χ1) is 9.63. The molecule has 0 aromatic heterocycles. The standard InChI is InChI=1S/C13H14F4O3S/c14-10-7-8(4-5-9(10)13(15,16)17)12(18)11-3-1-2-6-21(11,19)20/h4-5,7,11-12,18H,1-3,6H2. The van der Waals surface area contributed by atoms with Crippen LogP contribution in [-0.4, -0.2) is 24.5 Å². The Bertz CT molecular complexity index is 625. The van der Waals surface area contributed by atoms with E-state index >= 15 is 0 Å². The molecule has 2 unspecified atom stereocenters. The summed E-state index contributed by atoms with van der Waals surface area (Å²) in [4.78, 5) is 0. The lowest BCUT2D eigenvalue weighted by molar-refractivity contribution is -0.140. The van der Waals surface area contributed by atoms with Crippen molar-refractivity contribution in [2.24, 2.45) is 0 Å². The van der Waals surface area contributed by atoms with Crippen molar-refractivity contribution < 1.29 is 31.1 Å². The van der Waals surface area contributed by atoms with Gasteiger partial charge in [-0.2, -0.15) is 13.2 Å². The number of hydrogen-bond acceptors (Lipinski definition) is 3. The quantitative estimate of drug-likeness (QED) is 0.850. The molecule has 1 fully saturated rings. The van der Waals surface area contributed by atoms with Crippen molar-refractivity contribution in [3.8, 4) is 0 Å². The zero-order chi connectivity index (χ0) is 15.8. The largest absolute Gasteiger partial charge is 0.419 e. The maximum Gasteiger partial charge on any atom is 0.419 e. The summed E-state index contributed by atoms with van der Waals surface area (Å²) in [6.45, 7) is 0. The van der Waals surface area contributed by atoms with Crippen LogP contribution in [0.5, 0.6) is 0 Å². The van der Waals surface area contributed by atoms with Crippen molar-refractivity contribution in [1.29, 1.82) is 0 Å². The summed E-state index contributed by atoms with van der Waals surface area (Å²) in [5.74, 6) is -1.59. The summed E-state index contributed by atoms with van der Waals surface area (Å²) in [6.07, 6.45) is -5.04. The summed E-state index contributed by atoms with van der Waals surface area (Å²) in [5.41, 5.74) is -1.60. The molecular formula is C13H14F4O3S. The van der Waals surface area contributed by atoms with Crippen LogP contribution in [0.25, 0.3) is 0 Å². The van der Waals surface area contributed by atoms with Crippen LogP contribution in [-0.2, 0) is 16.0 Å². The third kappa shape index (κ3) is 3.37. The first kappa shape index (κ1) is 16.2.